The van der Waals surface area contributed by atoms with Crippen LogP contribution in [0.25, 0.3) is 0 Å². The average Bonchev–Trinajstić information content (AvgIpc) is 2.22. The minimum atomic E-state index is 0.0701. The van der Waals surface area contributed by atoms with Gasteiger partial charge in [-0.2, -0.15) is 0 Å². The first-order valence-corrected chi connectivity index (χ1v) is 6.03. The van der Waals surface area contributed by atoms with E-state index in [1.165, 1.54) is 0 Å². The normalized spacial score (nSPS) is 15.1. The van der Waals surface area contributed by atoms with Crippen LogP contribution in [-0.2, 0) is 4.79 Å². The number of unbranched alkanes of at least 4 members (excludes halogenated alkanes) is 1. The Bertz CT molecular complexity index is 180. The molecule has 0 rings (SSSR count). The summed E-state index contributed by atoms with van der Waals surface area (Å²) in [5.74, 6) is 0.590. The van der Waals surface area contributed by atoms with Crippen LogP contribution in [-0.4, -0.2) is 18.5 Å². The lowest BCUT2D eigenvalue weighted by Gasteiger charge is -2.21. The number of nitrogens with one attached hydrogen (secondary N) is 1. The second-order valence-electron chi connectivity index (χ2n) is 4.62. The van der Waals surface area contributed by atoms with Crippen LogP contribution in [0.5, 0.6) is 0 Å². The summed E-state index contributed by atoms with van der Waals surface area (Å²) >= 11 is 0. The third-order valence-electron chi connectivity index (χ3n) is 2.95. The number of carbonyl (C=O) groups is 1. The molecule has 0 heterocycles. The zero-order valence-corrected chi connectivity index (χ0v) is 10.5. The van der Waals surface area contributed by atoms with E-state index in [0.29, 0.717) is 12.5 Å². The standard InChI is InChI=1S/C12H26N2O/c1-5-6-7-11(8-13)14-12(15)10(4)9(2)3/h9-11H,5-8,13H2,1-4H3,(H,14,15). The van der Waals surface area contributed by atoms with Crippen molar-refractivity contribution in [3.63, 3.8) is 0 Å². The summed E-state index contributed by atoms with van der Waals surface area (Å²) in [5.41, 5.74) is 5.62. The fourth-order valence-corrected chi connectivity index (χ4v) is 1.33. The molecule has 15 heavy (non-hydrogen) atoms. The van der Waals surface area contributed by atoms with Gasteiger partial charge in [-0.3, -0.25) is 4.79 Å². The maximum Gasteiger partial charge on any atom is 0.223 e. The van der Waals surface area contributed by atoms with E-state index < -0.39 is 0 Å². The Hall–Kier alpha value is -0.570. The van der Waals surface area contributed by atoms with Crippen molar-refractivity contribution in [1.82, 2.24) is 5.32 Å². The van der Waals surface area contributed by atoms with Gasteiger partial charge < -0.3 is 11.1 Å². The van der Waals surface area contributed by atoms with Crippen molar-refractivity contribution in [2.75, 3.05) is 6.54 Å². The molecule has 0 aromatic carbocycles. The Morgan fingerprint density at radius 1 is 1.33 bits per heavy atom. The van der Waals surface area contributed by atoms with Crippen LogP contribution >= 0.6 is 0 Å². The van der Waals surface area contributed by atoms with Crippen LogP contribution in [0.3, 0.4) is 0 Å². The summed E-state index contributed by atoms with van der Waals surface area (Å²) in [6, 6.07) is 0.152. The molecular formula is C12H26N2O. The molecule has 2 atom stereocenters. The van der Waals surface area contributed by atoms with Gasteiger partial charge >= 0.3 is 0 Å². The Balaban J connectivity index is 4.00. The molecular weight excluding hydrogens is 188 g/mol. The van der Waals surface area contributed by atoms with Crippen LogP contribution in [0, 0.1) is 11.8 Å². The summed E-state index contributed by atoms with van der Waals surface area (Å²) < 4.78 is 0. The summed E-state index contributed by atoms with van der Waals surface area (Å²) in [4.78, 5) is 11.8. The van der Waals surface area contributed by atoms with Gasteiger partial charge in [-0.25, -0.2) is 0 Å². The predicted octanol–water partition coefficient (Wildman–Crippen LogP) is 1.91. The van der Waals surface area contributed by atoms with Crippen molar-refractivity contribution in [1.29, 1.82) is 0 Å². The van der Waals surface area contributed by atoms with E-state index in [1.807, 2.05) is 6.92 Å². The first kappa shape index (κ1) is 14.4. The zero-order chi connectivity index (χ0) is 11.8. The van der Waals surface area contributed by atoms with Crippen LogP contribution in [0.1, 0.15) is 47.0 Å². The Kier molecular flexibility index (Phi) is 7.39. The minimum Gasteiger partial charge on any atom is -0.352 e. The predicted molar refractivity (Wildman–Crippen MR) is 64.5 cm³/mol. The van der Waals surface area contributed by atoms with E-state index in [1.54, 1.807) is 0 Å². The topological polar surface area (TPSA) is 55.1 Å². The molecule has 3 heteroatoms. The van der Waals surface area contributed by atoms with Crippen molar-refractivity contribution < 1.29 is 4.79 Å². The van der Waals surface area contributed by atoms with E-state index >= 15 is 0 Å². The largest absolute Gasteiger partial charge is 0.352 e. The number of hydrogen-bond donors (Lipinski definition) is 2. The third kappa shape index (κ3) is 5.78. The van der Waals surface area contributed by atoms with Gasteiger partial charge in [-0.15, -0.1) is 0 Å². The molecule has 3 nitrogen and oxygen atoms in total. The number of carbonyl (C=O) groups excluding carboxylic acids is 1. The van der Waals surface area contributed by atoms with Gasteiger partial charge in [-0.05, 0) is 12.3 Å². The molecule has 0 aliphatic carbocycles. The number of amides is 1. The number of hydrogen-bond acceptors (Lipinski definition) is 2. The summed E-state index contributed by atoms with van der Waals surface area (Å²) in [6.07, 6.45) is 3.26. The van der Waals surface area contributed by atoms with Crippen molar-refractivity contribution >= 4 is 5.91 Å². The molecule has 90 valence electrons. The molecule has 0 aliphatic rings. The molecule has 0 fully saturated rings. The highest BCUT2D eigenvalue weighted by atomic mass is 16.1. The monoisotopic (exact) mass is 214 g/mol. The van der Waals surface area contributed by atoms with Crippen molar-refractivity contribution in [3.8, 4) is 0 Å². The van der Waals surface area contributed by atoms with Crippen LogP contribution < -0.4 is 11.1 Å². The Morgan fingerprint density at radius 2 is 1.93 bits per heavy atom. The van der Waals surface area contributed by atoms with Crippen molar-refractivity contribution in [2.24, 2.45) is 17.6 Å². The lowest BCUT2D eigenvalue weighted by Crippen LogP contribution is -2.43. The first-order chi connectivity index (χ1) is 7.02. The fourth-order valence-electron chi connectivity index (χ4n) is 1.33. The van der Waals surface area contributed by atoms with Crippen molar-refractivity contribution in [2.45, 2.75) is 53.0 Å². The van der Waals surface area contributed by atoms with Crippen LogP contribution in [0.15, 0.2) is 0 Å². The quantitative estimate of drug-likeness (QED) is 0.680. The van der Waals surface area contributed by atoms with E-state index in [4.69, 9.17) is 5.73 Å². The lowest BCUT2D eigenvalue weighted by atomic mass is 9.96. The second-order valence-corrected chi connectivity index (χ2v) is 4.62. The van der Waals surface area contributed by atoms with Crippen molar-refractivity contribution in [3.05, 3.63) is 0 Å². The summed E-state index contributed by atoms with van der Waals surface area (Å²) in [5, 5.41) is 3.02. The van der Waals surface area contributed by atoms with Gasteiger partial charge in [-0.1, -0.05) is 40.5 Å². The molecule has 0 bridgehead atoms. The molecule has 0 saturated heterocycles. The van der Waals surface area contributed by atoms with E-state index in [0.717, 1.165) is 19.3 Å². The Morgan fingerprint density at radius 3 is 2.33 bits per heavy atom. The molecule has 1 amide bonds. The summed E-state index contributed by atoms with van der Waals surface area (Å²) in [6.45, 7) is 8.78. The number of nitrogens with two attached hydrogens (primary N) is 1. The maximum atomic E-state index is 11.8. The Labute approximate surface area is 93.8 Å². The highest BCUT2D eigenvalue weighted by Crippen LogP contribution is 2.10. The van der Waals surface area contributed by atoms with E-state index in [2.05, 4.69) is 26.1 Å². The van der Waals surface area contributed by atoms with Gasteiger partial charge in [0, 0.05) is 18.5 Å². The average molecular weight is 214 g/mol. The van der Waals surface area contributed by atoms with Crippen LogP contribution in [0.2, 0.25) is 0 Å². The van der Waals surface area contributed by atoms with E-state index in [9.17, 15) is 4.79 Å². The van der Waals surface area contributed by atoms with Gasteiger partial charge in [0.1, 0.15) is 0 Å². The fraction of sp³-hybridized carbons (Fsp3) is 0.917. The number of rotatable bonds is 7. The molecule has 0 aromatic heterocycles. The smallest absolute Gasteiger partial charge is 0.223 e. The summed E-state index contributed by atoms with van der Waals surface area (Å²) in [7, 11) is 0. The lowest BCUT2D eigenvalue weighted by molar-refractivity contribution is -0.126. The molecule has 0 aliphatic heterocycles. The zero-order valence-electron chi connectivity index (χ0n) is 10.5. The maximum absolute atomic E-state index is 11.8. The molecule has 0 aromatic rings. The van der Waals surface area contributed by atoms with Crippen LogP contribution in [0.4, 0.5) is 0 Å². The third-order valence-corrected chi connectivity index (χ3v) is 2.95. The molecule has 3 N–H and O–H groups in total. The molecule has 0 radical (unpaired) electrons. The van der Waals surface area contributed by atoms with E-state index in [-0.39, 0.29) is 17.9 Å². The van der Waals surface area contributed by atoms with Gasteiger partial charge in [0.25, 0.3) is 0 Å². The highest BCUT2D eigenvalue weighted by molar-refractivity contribution is 5.78. The minimum absolute atomic E-state index is 0.0701. The first-order valence-electron chi connectivity index (χ1n) is 6.03. The molecule has 0 saturated carbocycles. The molecule has 2 unspecified atom stereocenters. The van der Waals surface area contributed by atoms with Gasteiger partial charge in [0.15, 0.2) is 0 Å². The molecule has 0 spiro atoms. The van der Waals surface area contributed by atoms with Gasteiger partial charge in [0.05, 0.1) is 0 Å². The SMILES string of the molecule is CCCCC(CN)NC(=O)C(C)C(C)C. The highest BCUT2D eigenvalue weighted by Gasteiger charge is 2.18. The van der Waals surface area contributed by atoms with Gasteiger partial charge in [0.2, 0.25) is 5.91 Å². The second kappa shape index (κ2) is 7.69.